The molecule has 2 atom stereocenters. The Balaban J connectivity index is 1.39. The molecule has 0 saturated carbocycles. The summed E-state index contributed by atoms with van der Waals surface area (Å²) in [5.74, 6) is 0.512. The minimum atomic E-state index is -0.147. The number of aromatic nitrogens is 3. The summed E-state index contributed by atoms with van der Waals surface area (Å²) >= 11 is 1.55. The number of carbonyl (C=O) groups is 1. The molecule has 2 saturated heterocycles. The van der Waals surface area contributed by atoms with Crippen molar-refractivity contribution in [3.63, 3.8) is 0 Å². The van der Waals surface area contributed by atoms with E-state index in [0.29, 0.717) is 31.1 Å². The van der Waals surface area contributed by atoms with Gasteiger partial charge in [0.2, 0.25) is 5.13 Å². The van der Waals surface area contributed by atoms with Crippen LogP contribution in [0.15, 0.2) is 22.4 Å². The van der Waals surface area contributed by atoms with Gasteiger partial charge in [0.05, 0.1) is 6.10 Å². The molecule has 29 heavy (non-hydrogen) atoms. The van der Waals surface area contributed by atoms with Crippen molar-refractivity contribution in [3.8, 4) is 0 Å². The molecule has 2 aromatic heterocycles. The standard InChI is InChI=1S/C20H25N5O3S/c1-28-15-4-6-23(7-5-15)18(26)16-2-3-17-14-8-13(10-25(17)19(16)27)9-24(11-14)20-22-21-12-29-20/h2-3,12-15H,4-11H2,1H3/t13-,14+/m0/s1. The number of carbonyl (C=O) groups excluding carboxylic acids is 1. The van der Waals surface area contributed by atoms with E-state index in [1.807, 2.05) is 10.6 Å². The summed E-state index contributed by atoms with van der Waals surface area (Å²) in [5.41, 5.74) is 2.95. The van der Waals surface area contributed by atoms with E-state index in [-0.39, 0.29) is 23.5 Å². The molecule has 5 heterocycles. The second-order valence-electron chi connectivity index (χ2n) is 8.24. The Labute approximate surface area is 173 Å². The maximum Gasteiger partial charge on any atom is 0.263 e. The highest BCUT2D eigenvalue weighted by atomic mass is 32.1. The summed E-state index contributed by atoms with van der Waals surface area (Å²) < 4.78 is 7.24. The first kappa shape index (κ1) is 18.7. The number of pyridine rings is 1. The number of amides is 1. The molecule has 0 aromatic carbocycles. The van der Waals surface area contributed by atoms with Gasteiger partial charge in [-0.25, -0.2) is 0 Å². The van der Waals surface area contributed by atoms with Crippen LogP contribution in [-0.2, 0) is 11.3 Å². The van der Waals surface area contributed by atoms with Crippen LogP contribution in [0.3, 0.4) is 0 Å². The maximum atomic E-state index is 13.2. The van der Waals surface area contributed by atoms with Crippen LogP contribution in [-0.4, -0.2) is 65.0 Å². The lowest BCUT2D eigenvalue weighted by molar-refractivity contribution is 0.0349. The Hall–Kier alpha value is -2.26. The monoisotopic (exact) mass is 415 g/mol. The van der Waals surface area contributed by atoms with Gasteiger partial charge in [0.1, 0.15) is 11.1 Å². The first-order chi connectivity index (χ1) is 14.1. The van der Waals surface area contributed by atoms with Crippen molar-refractivity contribution in [3.05, 3.63) is 39.3 Å². The van der Waals surface area contributed by atoms with E-state index in [2.05, 4.69) is 15.1 Å². The third-order valence-corrected chi connectivity index (χ3v) is 7.27. The lowest BCUT2D eigenvalue weighted by atomic mass is 9.83. The summed E-state index contributed by atoms with van der Waals surface area (Å²) in [7, 11) is 1.71. The van der Waals surface area contributed by atoms with E-state index in [0.717, 1.165) is 43.2 Å². The molecule has 8 nitrogen and oxygen atoms in total. The van der Waals surface area contributed by atoms with Crippen molar-refractivity contribution < 1.29 is 9.53 Å². The highest BCUT2D eigenvalue weighted by Gasteiger charge is 2.36. The molecule has 2 bridgehead atoms. The topological polar surface area (TPSA) is 80.6 Å². The minimum Gasteiger partial charge on any atom is -0.381 e. The van der Waals surface area contributed by atoms with E-state index in [1.54, 1.807) is 34.9 Å². The van der Waals surface area contributed by atoms with Crippen LogP contribution in [0.2, 0.25) is 0 Å². The molecule has 0 aliphatic carbocycles. The predicted octanol–water partition coefficient (Wildman–Crippen LogP) is 1.57. The summed E-state index contributed by atoms with van der Waals surface area (Å²) in [5, 5.41) is 9.11. The maximum absolute atomic E-state index is 13.2. The number of nitrogens with zero attached hydrogens (tertiary/aromatic N) is 5. The van der Waals surface area contributed by atoms with Crippen LogP contribution >= 0.6 is 11.3 Å². The molecule has 0 unspecified atom stereocenters. The molecule has 0 N–H and O–H groups in total. The van der Waals surface area contributed by atoms with E-state index in [1.165, 1.54) is 0 Å². The molecule has 0 spiro atoms. The Morgan fingerprint density at radius 2 is 2.03 bits per heavy atom. The third kappa shape index (κ3) is 3.36. The fraction of sp³-hybridized carbons (Fsp3) is 0.600. The average Bonchev–Trinajstić information content (AvgIpc) is 3.29. The number of methoxy groups -OCH3 is 1. The van der Waals surface area contributed by atoms with Crippen LogP contribution in [0.4, 0.5) is 5.13 Å². The number of hydrogen-bond donors (Lipinski definition) is 0. The van der Waals surface area contributed by atoms with Gasteiger partial charge in [-0.05, 0) is 37.3 Å². The lowest BCUT2D eigenvalue weighted by Gasteiger charge is -2.42. The van der Waals surface area contributed by atoms with Gasteiger partial charge < -0.3 is 19.1 Å². The van der Waals surface area contributed by atoms with Crippen molar-refractivity contribution in [2.24, 2.45) is 5.92 Å². The molecule has 2 fully saturated rings. The second-order valence-corrected chi connectivity index (χ2v) is 9.05. The van der Waals surface area contributed by atoms with Crippen LogP contribution < -0.4 is 10.5 Å². The number of fused-ring (bicyclic) bond motifs is 4. The average molecular weight is 416 g/mol. The zero-order chi connectivity index (χ0) is 20.0. The van der Waals surface area contributed by atoms with Crippen LogP contribution in [0, 0.1) is 5.92 Å². The Kier molecular flexibility index (Phi) is 4.87. The van der Waals surface area contributed by atoms with Gasteiger partial charge in [-0.2, -0.15) is 0 Å². The Morgan fingerprint density at radius 3 is 2.76 bits per heavy atom. The third-order valence-electron chi connectivity index (χ3n) is 6.52. The van der Waals surface area contributed by atoms with E-state index >= 15 is 0 Å². The van der Waals surface area contributed by atoms with Crippen molar-refractivity contribution in [1.82, 2.24) is 19.7 Å². The van der Waals surface area contributed by atoms with Gasteiger partial charge in [0.25, 0.3) is 11.5 Å². The molecule has 3 aliphatic heterocycles. The smallest absolute Gasteiger partial charge is 0.263 e. The quantitative estimate of drug-likeness (QED) is 0.757. The fourth-order valence-corrected chi connectivity index (χ4v) is 5.62. The molecule has 154 valence electrons. The zero-order valence-electron chi connectivity index (χ0n) is 16.5. The SMILES string of the molecule is COC1CCN(C(=O)c2ccc3n(c2=O)C[C@H]2C[C@@H]3CN(c3nncs3)C2)CC1. The van der Waals surface area contributed by atoms with Gasteiger partial charge in [-0.15, -0.1) is 10.2 Å². The molecule has 2 aromatic rings. The largest absolute Gasteiger partial charge is 0.381 e. The number of ether oxygens (including phenoxy) is 1. The predicted molar refractivity (Wildman–Crippen MR) is 110 cm³/mol. The minimum absolute atomic E-state index is 0.138. The summed E-state index contributed by atoms with van der Waals surface area (Å²) in [6, 6.07) is 3.73. The number of rotatable bonds is 3. The van der Waals surface area contributed by atoms with Gasteiger partial charge in [0.15, 0.2) is 0 Å². The van der Waals surface area contributed by atoms with E-state index in [4.69, 9.17) is 4.74 Å². The lowest BCUT2D eigenvalue weighted by Crippen LogP contribution is -2.49. The van der Waals surface area contributed by atoms with Gasteiger partial charge in [-0.3, -0.25) is 9.59 Å². The molecule has 9 heteroatoms. The second kappa shape index (κ2) is 7.53. The molecule has 5 rings (SSSR count). The summed E-state index contributed by atoms with van der Waals surface area (Å²) in [6.45, 7) is 3.65. The number of anilines is 1. The first-order valence-electron chi connectivity index (χ1n) is 10.2. The van der Waals surface area contributed by atoms with Crippen molar-refractivity contribution in [1.29, 1.82) is 0 Å². The van der Waals surface area contributed by atoms with Gasteiger partial charge in [0, 0.05) is 51.4 Å². The van der Waals surface area contributed by atoms with Crippen LogP contribution in [0.5, 0.6) is 0 Å². The molecule has 0 radical (unpaired) electrons. The van der Waals surface area contributed by atoms with Crippen LogP contribution in [0.1, 0.15) is 41.2 Å². The fourth-order valence-electron chi connectivity index (χ4n) is 5.03. The molecule has 3 aliphatic rings. The first-order valence-corrected chi connectivity index (χ1v) is 11.1. The Morgan fingerprint density at radius 1 is 1.21 bits per heavy atom. The van der Waals surface area contributed by atoms with Crippen molar-refractivity contribution in [2.75, 3.05) is 38.2 Å². The molecular formula is C20H25N5O3S. The normalized spacial score (nSPS) is 24.4. The summed E-state index contributed by atoms with van der Waals surface area (Å²) in [4.78, 5) is 30.3. The van der Waals surface area contributed by atoms with Crippen molar-refractivity contribution >= 4 is 22.4 Å². The van der Waals surface area contributed by atoms with Gasteiger partial charge >= 0.3 is 0 Å². The molecular weight excluding hydrogens is 390 g/mol. The Bertz CT molecular complexity index is 952. The summed E-state index contributed by atoms with van der Waals surface area (Å²) in [6.07, 6.45) is 2.92. The van der Waals surface area contributed by atoms with Gasteiger partial charge in [-0.1, -0.05) is 11.3 Å². The number of hydrogen-bond acceptors (Lipinski definition) is 7. The van der Waals surface area contributed by atoms with E-state index in [9.17, 15) is 9.59 Å². The number of likely N-dealkylation sites (tertiary alicyclic amines) is 1. The molecule has 1 amide bonds. The number of piperidine rings is 2. The highest BCUT2D eigenvalue weighted by Crippen LogP contribution is 2.37. The van der Waals surface area contributed by atoms with Crippen LogP contribution in [0.25, 0.3) is 0 Å². The van der Waals surface area contributed by atoms with Crippen molar-refractivity contribution in [2.45, 2.75) is 37.8 Å². The zero-order valence-corrected chi connectivity index (χ0v) is 17.3. The highest BCUT2D eigenvalue weighted by molar-refractivity contribution is 7.13. The van der Waals surface area contributed by atoms with E-state index < -0.39 is 0 Å².